The molecule has 0 aliphatic heterocycles. The first-order valence-corrected chi connectivity index (χ1v) is 24.1. The Morgan fingerprint density at radius 2 is 0.780 bits per heavy atom. The molecule has 0 saturated carbocycles. The molecule has 3 nitrogen and oxygen atoms in total. The third kappa shape index (κ3) is 14.1. The summed E-state index contributed by atoms with van der Waals surface area (Å²) in [6.45, 7) is 0. The number of hydrogen-bond donors (Lipinski definition) is 0. The molecule has 12 heteroatoms. The molecule has 2 aliphatic rings. The molecule has 8 rings (SSSR count). The van der Waals surface area contributed by atoms with Crippen molar-refractivity contribution in [2.75, 3.05) is 5.34 Å². The van der Waals surface area contributed by atoms with Gasteiger partial charge in [0.25, 0.3) is 0 Å². The molecule has 0 heterocycles. The van der Waals surface area contributed by atoms with Crippen LogP contribution in [0, 0.1) is 11.8 Å². The number of hydrogen-bond acceptors (Lipinski definition) is 3. The van der Waals surface area contributed by atoms with Gasteiger partial charge >= 0.3 is 5.51 Å². The maximum Gasteiger partial charge on any atom is 0.485 e. The molecular weight excluding hydrogens is 937 g/mol. The van der Waals surface area contributed by atoms with E-state index in [9.17, 15) is 13.2 Å². The second-order valence-corrected chi connectivity index (χ2v) is 20.5. The fraction of sp³-hybridized carbons (Fsp3) is 0.149. The first-order valence-electron chi connectivity index (χ1n) is 18.6. The van der Waals surface area contributed by atoms with E-state index < -0.39 is 31.5 Å². The molecule has 0 saturated heterocycles. The molecule has 2 aliphatic carbocycles. The quantitative estimate of drug-likeness (QED) is 0.0400. The Bertz CT molecular complexity index is 2100. The third-order valence-electron chi connectivity index (χ3n) is 9.52. The molecule has 0 spiro atoms. The average Bonchev–Trinajstić information content (AvgIpc) is 3.23. The topological polar surface area (TPSA) is 57.2 Å². The van der Waals surface area contributed by atoms with Crippen LogP contribution >= 0.6 is 39.0 Å². The van der Waals surface area contributed by atoms with E-state index in [-0.39, 0.29) is 24.8 Å². The molecular formula is C47H44Cl2F3O3P2RhS+. The minimum absolute atomic E-state index is 0. The number of halogens is 5. The molecule has 0 aromatic heterocycles. The Hall–Kier alpha value is -3.44. The zero-order chi connectivity index (χ0) is 41.4. The number of benzene rings is 6. The average molecular weight is 982 g/mol. The molecule has 2 bridgehead atoms. The molecule has 0 unspecified atom stereocenters. The van der Waals surface area contributed by atoms with Crippen LogP contribution in [0.3, 0.4) is 0 Å². The zero-order valence-electron chi connectivity index (χ0n) is 31.8. The van der Waals surface area contributed by atoms with Gasteiger partial charge in [-0.15, -0.1) is 23.2 Å². The Morgan fingerprint density at radius 3 is 1.03 bits per heavy atom. The molecule has 0 N–H and O–H groups in total. The predicted molar refractivity (Wildman–Crippen MR) is 244 cm³/mol. The van der Waals surface area contributed by atoms with E-state index in [0.29, 0.717) is 0 Å². The Balaban J connectivity index is 0.000000300. The summed E-state index contributed by atoms with van der Waals surface area (Å²) in [5, 5.41) is 8.70. The fourth-order valence-electron chi connectivity index (χ4n) is 7.03. The van der Waals surface area contributed by atoms with Gasteiger partial charge in [0.05, 0.1) is 21.2 Å². The van der Waals surface area contributed by atoms with Crippen molar-refractivity contribution >= 4 is 81.0 Å². The minimum Gasteiger partial charge on any atom is -0.741 e. The summed E-state index contributed by atoms with van der Waals surface area (Å²) in [6, 6.07) is 62.4. The van der Waals surface area contributed by atoms with Crippen LogP contribution in [0.1, 0.15) is 19.3 Å². The first kappa shape index (κ1) is 48.2. The van der Waals surface area contributed by atoms with Crippen molar-refractivity contribution in [3.63, 3.8) is 0 Å². The van der Waals surface area contributed by atoms with Gasteiger partial charge in [-0.2, -0.15) is 13.2 Å². The van der Waals surface area contributed by atoms with Crippen molar-refractivity contribution in [2.45, 2.75) is 24.8 Å². The second kappa shape index (κ2) is 24.1. The molecule has 2 atom stereocenters. The standard InChI is InChI=1S/C36H28P2.C9H12.CH2Cl2.CHF3O3S.Rh/c1-5-17-29(18-6-1)37(30-19-7-2-8-20-30)35-27-15-13-25-33(35)34-26-14-16-28-36(34)38(31-21-9-3-10-22-31)32-23-11-4-12-24-32;1-3-8-5-2-6-9(4-1)7-8;2-1-3;2-1(3,4)8(5,6)7;/h1-28H;1-3,6,8-9H,4-5,7H2;1H2;(H,5,6,7);/p+1/t;8-,9+;;;/m.0.../s1. The van der Waals surface area contributed by atoms with Crippen molar-refractivity contribution in [1.29, 1.82) is 0 Å². The minimum atomic E-state index is -6.09. The van der Waals surface area contributed by atoms with Crippen molar-refractivity contribution in [3.05, 3.63) is 194 Å². The van der Waals surface area contributed by atoms with E-state index in [0.717, 1.165) is 11.8 Å². The second-order valence-electron chi connectivity index (χ2n) is 13.4. The van der Waals surface area contributed by atoms with Crippen LogP contribution in [-0.2, 0) is 29.6 Å². The molecule has 6 aromatic rings. The SMILES string of the molecule is C1=C[C@H]2CC=C[C@@H](C1)C2.ClCCl.O=S(=O)([O-])C(F)(F)F.[Rh].c1ccc([PH+](c2ccccc2)c2ccccc2-c2ccccc2[PH+](c2ccccc2)c2ccccc2)cc1. The van der Waals surface area contributed by atoms with Crippen LogP contribution in [0.4, 0.5) is 13.2 Å². The third-order valence-corrected chi connectivity index (χ3v) is 15.7. The van der Waals surface area contributed by atoms with Crippen molar-refractivity contribution in [2.24, 2.45) is 11.8 Å². The Morgan fingerprint density at radius 1 is 0.525 bits per heavy atom. The number of fused-ring (bicyclic) bond motifs is 2. The molecule has 0 fully saturated rings. The van der Waals surface area contributed by atoms with Crippen molar-refractivity contribution in [3.8, 4) is 11.1 Å². The van der Waals surface area contributed by atoms with Crippen molar-refractivity contribution in [1.82, 2.24) is 0 Å². The maximum absolute atomic E-state index is 10.7. The van der Waals surface area contributed by atoms with E-state index in [1.165, 1.54) is 62.2 Å². The van der Waals surface area contributed by atoms with E-state index in [2.05, 4.69) is 194 Å². The summed E-state index contributed by atoms with van der Waals surface area (Å²) >= 11 is 9.53. The van der Waals surface area contributed by atoms with Crippen LogP contribution < -0.4 is 31.8 Å². The Labute approximate surface area is 371 Å². The van der Waals surface area contributed by atoms with Crippen molar-refractivity contribution < 1.29 is 45.6 Å². The summed E-state index contributed by atoms with van der Waals surface area (Å²) in [5.41, 5.74) is -2.95. The van der Waals surface area contributed by atoms with Gasteiger partial charge in [0.2, 0.25) is 0 Å². The molecule has 309 valence electrons. The summed E-state index contributed by atoms with van der Waals surface area (Å²) in [4.78, 5) is 0. The van der Waals surface area contributed by atoms with Gasteiger partial charge in [-0.1, -0.05) is 133 Å². The molecule has 59 heavy (non-hydrogen) atoms. The van der Waals surface area contributed by atoms with E-state index in [4.69, 9.17) is 36.2 Å². The zero-order valence-corrected chi connectivity index (χ0v) is 37.8. The van der Waals surface area contributed by atoms with Crippen LogP contribution in [-0.4, -0.2) is 23.8 Å². The summed E-state index contributed by atoms with van der Waals surface area (Å²) in [7, 11) is -8.52. The van der Waals surface area contributed by atoms with Crippen LogP contribution in [0.25, 0.3) is 11.1 Å². The number of alkyl halides is 5. The van der Waals surface area contributed by atoms with Crippen LogP contribution in [0.15, 0.2) is 194 Å². The predicted octanol–water partition coefficient (Wildman–Crippen LogP) is 10.3. The first-order chi connectivity index (χ1) is 28.0. The number of rotatable bonds is 7. The Kier molecular flexibility index (Phi) is 19.7. The summed E-state index contributed by atoms with van der Waals surface area (Å²) < 4.78 is 58.9. The van der Waals surface area contributed by atoms with Gasteiger partial charge in [-0.25, -0.2) is 8.42 Å². The van der Waals surface area contributed by atoms with Gasteiger partial charge in [0, 0.05) is 30.6 Å². The number of allylic oxidation sites excluding steroid dienone is 4. The summed E-state index contributed by atoms with van der Waals surface area (Å²) in [6.07, 6.45) is 13.4. The van der Waals surface area contributed by atoms with E-state index in [1.807, 2.05) is 0 Å². The van der Waals surface area contributed by atoms with Crippen LogP contribution in [0.2, 0.25) is 0 Å². The van der Waals surface area contributed by atoms with Gasteiger partial charge < -0.3 is 4.55 Å². The van der Waals surface area contributed by atoms with Gasteiger partial charge in [0.1, 0.15) is 31.8 Å². The van der Waals surface area contributed by atoms with E-state index >= 15 is 0 Å². The van der Waals surface area contributed by atoms with Gasteiger partial charge in [-0.05, 0) is 91.8 Å². The molecule has 1 radical (unpaired) electrons. The fourth-order valence-corrected chi connectivity index (χ4v) is 12.5. The maximum atomic E-state index is 10.7. The smallest absolute Gasteiger partial charge is 0.485 e. The van der Waals surface area contributed by atoms with Gasteiger partial charge in [-0.3, -0.25) is 0 Å². The van der Waals surface area contributed by atoms with Gasteiger partial charge in [0.15, 0.2) is 10.1 Å². The monoisotopic (exact) mass is 980 g/mol. The molecule has 0 amide bonds. The van der Waals surface area contributed by atoms with E-state index in [1.54, 1.807) is 0 Å². The summed E-state index contributed by atoms with van der Waals surface area (Å²) in [5.74, 6) is 1.77. The van der Waals surface area contributed by atoms with Crippen LogP contribution in [0.5, 0.6) is 0 Å². The molecule has 6 aromatic carbocycles. The normalized spacial score (nSPS) is 15.3. The largest absolute Gasteiger partial charge is 0.741 e.